The zero-order valence-electron chi connectivity index (χ0n) is 14.1. The minimum absolute atomic E-state index is 0.0939. The van der Waals surface area contributed by atoms with Crippen molar-refractivity contribution in [1.82, 2.24) is 15.5 Å². The fourth-order valence-electron chi connectivity index (χ4n) is 3.22. The number of hydrogen-bond acceptors (Lipinski definition) is 4. The van der Waals surface area contributed by atoms with Crippen LogP contribution < -0.4 is 5.32 Å². The summed E-state index contributed by atoms with van der Waals surface area (Å²) >= 11 is 0. The molecule has 0 atom stereocenters. The number of nitrogens with zero attached hydrogens (tertiary/aromatic N) is 2. The number of carbonyl (C=O) groups is 1. The van der Waals surface area contributed by atoms with Crippen LogP contribution in [0.5, 0.6) is 0 Å². The molecule has 1 aliphatic carbocycles. The Labute approximate surface area is 150 Å². The lowest BCUT2D eigenvalue weighted by atomic mass is 10.1. The molecule has 4 rings (SSSR count). The monoisotopic (exact) mass is 351 g/mol. The van der Waals surface area contributed by atoms with Crippen molar-refractivity contribution in [3.8, 4) is 22.8 Å². The van der Waals surface area contributed by atoms with Crippen molar-refractivity contribution in [2.45, 2.75) is 31.7 Å². The lowest BCUT2D eigenvalue weighted by Crippen LogP contribution is -2.32. The molecule has 1 fully saturated rings. The fraction of sp³-hybridized carbons (Fsp3) is 0.250. The first kappa shape index (κ1) is 16.4. The molecular formula is C20H18FN3O2. The van der Waals surface area contributed by atoms with Gasteiger partial charge in [-0.1, -0.05) is 36.2 Å². The number of nitrogens with one attached hydrogen (secondary N) is 1. The maximum atomic E-state index is 13.4. The van der Waals surface area contributed by atoms with Gasteiger partial charge in [-0.3, -0.25) is 4.79 Å². The quantitative estimate of drug-likeness (QED) is 0.764. The summed E-state index contributed by atoms with van der Waals surface area (Å²) in [7, 11) is 0. The highest BCUT2D eigenvalue weighted by molar-refractivity contribution is 5.95. The third-order valence-corrected chi connectivity index (χ3v) is 4.57. The van der Waals surface area contributed by atoms with E-state index in [1.54, 1.807) is 36.4 Å². The summed E-state index contributed by atoms with van der Waals surface area (Å²) in [5, 5.41) is 6.97. The molecule has 1 aliphatic rings. The highest BCUT2D eigenvalue weighted by atomic mass is 19.1. The standard InChI is InChI=1S/C20H18FN3O2/c21-16-8-4-5-13(12-16)18-23-20(26-24-18)15-7-3-6-14(11-15)19(25)22-17-9-1-2-10-17/h3-8,11-12,17H,1-2,9-10H2,(H,22,25). The minimum Gasteiger partial charge on any atom is -0.349 e. The van der Waals surface area contributed by atoms with Crippen molar-refractivity contribution in [2.75, 3.05) is 0 Å². The van der Waals surface area contributed by atoms with Crippen LogP contribution in [0.1, 0.15) is 36.0 Å². The van der Waals surface area contributed by atoms with Gasteiger partial charge in [-0.2, -0.15) is 4.98 Å². The van der Waals surface area contributed by atoms with Crippen LogP contribution in [0.3, 0.4) is 0 Å². The maximum absolute atomic E-state index is 13.4. The lowest BCUT2D eigenvalue weighted by molar-refractivity contribution is 0.0938. The summed E-state index contributed by atoms with van der Waals surface area (Å²) in [6.45, 7) is 0. The van der Waals surface area contributed by atoms with Crippen LogP contribution in [0.15, 0.2) is 53.1 Å². The molecule has 0 saturated heterocycles. The topological polar surface area (TPSA) is 68.0 Å². The van der Waals surface area contributed by atoms with E-state index in [0.717, 1.165) is 25.7 Å². The Hall–Kier alpha value is -3.02. The summed E-state index contributed by atoms with van der Waals surface area (Å²) in [4.78, 5) is 16.7. The highest BCUT2D eigenvalue weighted by Gasteiger charge is 2.19. The minimum atomic E-state index is -0.362. The second kappa shape index (κ2) is 7.07. The van der Waals surface area contributed by atoms with Crippen LogP contribution in [-0.4, -0.2) is 22.1 Å². The van der Waals surface area contributed by atoms with Crippen molar-refractivity contribution in [3.05, 3.63) is 59.9 Å². The van der Waals surface area contributed by atoms with Gasteiger partial charge in [-0.05, 0) is 43.2 Å². The molecule has 1 N–H and O–H groups in total. The molecule has 0 bridgehead atoms. The number of aromatic nitrogens is 2. The zero-order valence-corrected chi connectivity index (χ0v) is 14.1. The van der Waals surface area contributed by atoms with Gasteiger partial charge in [0.1, 0.15) is 5.82 Å². The Bertz CT molecular complexity index is 932. The largest absolute Gasteiger partial charge is 0.349 e. The van der Waals surface area contributed by atoms with E-state index < -0.39 is 0 Å². The third kappa shape index (κ3) is 3.49. The zero-order chi connectivity index (χ0) is 17.9. The van der Waals surface area contributed by atoms with Gasteiger partial charge in [0.2, 0.25) is 5.82 Å². The van der Waals surface area contributed by atoms with Crippen molar-refractivity contribution >= 4 is 5.91 Å². The number of hydrogen-bond donors (Lipinski definition) is 1. The van der Waals surface area contributed by atoms with Crippen molar-refractivity contribution in [2.24, 2.45) is 0 Å². The molecule has 1 aromatic heterocycles. The van der Waals surface area contributed by atoms with Gasteiger partial charge in [0.25, 0.3) is 11.8 Å². The molecule has 26 heavy (non-hydrogen) atoms. The summed E-state index contributed by atoms with van der Waals surface area (Å²) in [5.74, 6) is 0.142. The van der Waals surface area contributed by atoms with Gasteiger partial charge < -0.3 is 9.84 Å². The Morgan fingerprint density at radius 3 is 2.65 bits per heavy atom. The smallest absolute Gasteiger partial charge is 0.258 e. The number of amides is 1. The van der Waals surface area contributed by atoms with Gasteiger partial charge in [-0.25, -0.2) is 4.39 Å². The molecule has 2 aromatic carbocycles. The van der Waals surface area contributed by atoms with Crippen molar-refractivity contribution < 1.29 is 13.7 Å². The van der Waals surface area contributed by atoms with Crippen molar-refractivity contribution in [1.29, 1.82) is 0 Å². The first-order valence-electron chi connectivity index (χ1n) is 8.70. The van der Waals surface area contributed by atoms with E-state index in [0.29, 0.717) is 28.4 Å². The summed E-state index contributed by atoms with van der Waals surface area (Å²) < 4.78 is 18.7. The van der Waals surface area contributed by atoms with E-state index in [-0.39, 0.29) is 17.8 Å². The van der Waals surface area contributed by atoms with Gasteiger partial charge in [0.05, 0.1) is 0 Å². The highest BCUT2D eigenvalue weighted by Crippen LogP contribution is 2.24. The van der Waals surface area contributed by atoms with E-state index >= 15 is 0 Å². The molecule has 0 unspecified atom stereocenters. The van der Waals surface area contributed by atoms with Gasteiger partial charge >= 0.3 is 0 Å². The second-order valence-electron chi connectivity index (χ2n) is 6.47. The predicted molar refractivity (Wildman–Crippen MR) is 94.9 cm³/mol. The second-order valence-corrected chi connectivity index (χ2v) is 6.47. The Morgan fingerprint density at radius 1 is 1.08 bits per heavy atom. The number of rotatable bonds is 4. The van der Waals surface area contributed by atoms with Gasteiger partial charge in [0.15, 0.2) is 0 Å². The molecule has 0 spiro atoms. The first-order chi connectivity index (χ1) is 12.7. The summed E-state index contributed by atoms with van der Waals surface area (Å²) in [6, 6.07) is 13.3. The van der Waals surface area contributed by atoms with Crippen LogP contribution in [0.2, 0.25) is 0 Å². The first-order valence-corrected chi connectivity index (χ1v) is 8.70. The van der Waals surface area contributed by atoms with E-state index in [2.05, 4.69) is 15.5 Å². The van der Waals surface area contributed by atoms with E-state index in [9.17, 15) is 9.18 Å². The van der Waals surface area contributed by atoms with Crippen LogP contribution in [0.25, 0.3) is 22.8 Å². The average Bonchev–Trinajstić information content (AvgIpc) is 3.34. The Kier molecular flexibility index (Phi) is 4.48. The number of carbonyl (C=O) groups excluding carboxylic acids is 1. The van der Waals surface area contributed by atoms with E-state index in [1.165, 1.54) is 12.1 Å². The summed E-state index contributed by atoms with van der Waals surface area (Å²) in [5.41, 5.74) is 1.74. The fourth-order valence-corrected chi connectivity index (χ4v) is 3.22. The maximum Gasteiger partial charge on any atom is 0.258 e. The summed E-state index contributed by atoms with van der Waals surface area (Å²) in [6.07, 6.45) is 4.39. The van der Waals surface area contributed by atoms with E-state index in [4.69, 9.17) is 4.52 Å². The molecule has 1 saturated carbocycles. The van der Waals surface area contributed by atoms with Crippen LogP contribution in [0, 0.1) is 5.82 Å². The van der Waals surface area contributed by atoms with Crippen LogP contribution >= 0.6 is 0 Å². The Morgan fingerprint density at radius 2 is 1.85 bits per heavy atom. The lowest BCUT2D eigenvalue weighted by Gasteiger charge is -2.12. The molecule has 3 aromatic rings. The van der Waals surface area contributed by atoms with Crippen LogP contribution in [0.4, 0.5) is 4.39 Å². The molecular weight excluding hydrogens is 333 g/mol. The third-order valence-electron chi connectivity index (χ3n) is 4.57. The average molecular weight is 351 g/mol. The molecule has 1 heterocycles. The Balaban J connectivity index is 1.56. The number of halogens is 1. The molecule has 0 radical (unpaired) electrons. The van der Waals surface area contributed by atoms with Crippen molar-refractivity contribution in [3.63, 3.8) is 0 Å². The number of benzene rings is 2. The van der Waals surface area contributed by atoms with Crippen LogP contribution in [-0.2, 0) is 0 Å². The molecule has 132 valence electrons. The molecule has 6 heteroatoms. The SMILES string of the molecule is O=C(NC1CCCC1)c1cccc(-c2nc(-c3cccc(F)c3)no2)c1. The molecule has 1 amide bonds. The van der Waals surface area contributed by atoms with Gasteiger partial charge in [0, 0.05) is 22.7 Å². The normalized spacial score (nSPS) is 14.5. The predicted octanol–water partition coefficient (Wildman–Crippen LogP) is 4.22. The van der Waals surface area contributed by atoms with E-state index in [1.807, 2.05) is 0 Å². The molecule has 5 nitrogen and oxygen atoms in total. The van der Waals surface area contributed by atoms with Gasteiger partial charge in [-0.15, -0.1) is 0 Å². The molecule has 0 aliphatic heterocycles.